The number of nitrogens with zero attached hydrogens (tertiary/aromatic N) is 2. The van der Waals surface area contributed by atoms with E-state index in [1.54, 1.807) is 12.1 Å². The van der Waals surface area contributed by atoms with Crippen LogP contribution in [0.1, 0.15) is 23.2 Å². The maximum atomic E-state index is 12.5. The summed E-state index contributed by atoms with van der Waals surface area (Å²) in [7, 11) is 3.93. The number of aromatic nitrogens is 1. The van der Waals surface area contributed by atoms with Gasteiger partial charge in [0, 0.05) is 42.9 Å². The van der Waals surface area contributed by atoms with Gasteiger partial charge < -0.3 is 19.5 Å². The Bertz CT molecular complexity index is 931. The van der Waals surface area contributed by atoms with Gasteiger partial charge in [0.2, 0.25) is 0 Å². The van der Waals surface area contributed by atoms with E-state index in [1.165, 1.54) is 11.8 Å². The minimum Gasteiger partial charge on any atom is -0.377 e. The van der Waals surface area contributed by atoms with E-state index in [0.29, 0.717) is 17.9 Å². The normalized spacial score (nSPS) is 12.6. The maximum Gasteiger partial charge on any atom is 0.274 e. The summed E-state index contributed by atoms with van der Waals surface area (Å²) in [4.78, 5) is 27.0. The zero-order chi connectivity index (χ0) is 21.9. The number of para-hydroxylation sites is 1. The van der Waals surface area contributed by atoms with Crippen LogP contribution in [0.25, 0.3) is 0 Å². The Morgan fingerprint density at radius 2 is 2.13 bits per heavy atom. The SMILES string of the molecule is C=C/C=C(\C=C/C)Cc1cc(C(=O)N[C@H](C=O)CSc2ccccc2N(C)C)no1. The molecule has 1 aromatic carbocycles. The highest BCUT2D eigenvalue weighted by Crippen LogP contribution is 2.29. The van der Waals surface area contributed by atoms with Gasteiger partial charge in [0.05, 0.1) is 6.04 Å². The lowest BCUT2D eigenvalue weighted by molar-refractivity contribution is -0.109. The Hall–Kier alpha value is -3.06. The topological polar surface area (TPSA) is 75.4 Å². The summed E-state index contributed by atoms with van der Waals surface area (Å²) in [6.45, 7) is 5.62. The fourth-order valence-corrected chi connectivity index (χ4v) is 3.82. The standard InChI is InChI=1S/C23H27N3O3S/c1-5-9-17(10-6-2)13-19-14-20(25-29-19)23(28)24-18(15-27)16-30-22-12-8-7-11-21(22)26(3)4/h5-12,14-15,18H,1,13,16H2,2-4H3,(H,24,28)/b10-6-,17-9+/t18-/m1/s1. The molecule has 2 aromatic rings. The van der Waals surface area contributed by atoms with Gasteiger partial charge in [-0.15, -0.1) is 11.8 Å². The van der Waals surface area contributed by atoms with Crippen LogP contribution in [0.3, 0.4) is 0 Å². The maximum absolute atomic E-state index is 12.5. The Kier molecular flexibility index (Phi) is 9.15. The third kappa shape index (κ3) is 6.77. The summed E-state index contributed by atoms with van der Waals surface area (Å²) in [6.07, 6.45) is 8.65. The molecule has 0 unspecified atom stereocenters. The number of thioether (sulfide) groups is 1. The third-order valence-corrected chi connectivity index (χ3v) is 5.31. The second kappa shape index (κ2) is 11.8. The molecule has 1 atom stereocenters. The average molecular weight is 426 g/mol. The van der Waals surface area contributed by atoms with E-state index in [1.807, 2.05) is 68.4 Å². The van der Waals surface area contributed by atoms with Gasteiger partial charge in [0.15, 0.2) is 5.69 Å². The molecule has 1 heterocycles. The molecule has 0 aliphatic rings. The number of carbonyl (C=O) groups is 2. The molecule has 6 nitrogen and oxygen atoms in total. The van der Waals surface area contributed by atoms with Crippen LogP contribution in [0, 0.1) is 0 Å². The molecule has 1 amide bonds. The van der Waals surface area contributed by atoms with Crippen LogP contribution in [-0.2, 0) is 11.2 Å². The molecule has 1 N–H and O–H groups in total. The van der Waals surface area contributed by atoms with Crippen molar-refractivity contribution in [1.29, 1.82) is 0 Å². The Morgan fingerprint density at radius 1 is 1.37 bits per heavy atom. The van der Waals surface area contributed by atoms with Crippen LogP contribution in [0.5, 0.6) is 0 Å². The predicted octanol–water partition coefficient (Wildman–Crippen LogP) is 4.06. The van der Waals surface area contributed by atoms with Crippen molar-refractivity contribution in [3.05, 3.63) is 78.2 Å². The summed E-state index contributed by atoms with van der Waals surface area (Å²) in [5, 5.41) is 6.55. The fraction of sp³-hybridized carbons (Fsp3) is 0.261. The van der Waals surface area contributed by atoms with Crippen molar-refractivity contribution < 1.29 is 14.1 Å². The smallest absolute Gasteiger partial charge is 0.274 e. The van der Waals surface area contributed by atoms with Crippen molar-refractivity contribution >= 4 is 29.6 Å². The number of hydrogen-bond acceptors (Lipinski definition) is 6. The summed E-state index contributed by atoms with van der Waals surface area (Å²) in [6, 6.07) is 8.86. The van der Waals surface area contributed by atoms with Crippen molar-refractivity contribution in [3.63, 3.8) is 0 Å². The number of amides is 1. The molecular formula is C23H27N3O3S. The minimum atomic E-state index is -0.642. The van der Waals surface area contributed by atoms with E-state index < -0.39 is 11.9 Å². The summed E-state index contributed by atoms with van der Waals surface area (Å²) in [5.41, 5.74) is 2.19. The highest BCUT2D eigenvalue weighted by Gasteiger charge is 2.18. The average Bonchev–Trinajstić information content (AvgIpc) is 3.20. The number of nitrogens with one attached hydrogen (secondary N) is 1. The lowest BCUT2D eigenvalue weighted by atomic mass is 10.1. The van der Waals surface area contributed by atoms with E-state index in [-0.39, 0.29) is 5.69 Å². The van der Waals surface area contributed by atoms with Gasteiger partial charge in [0.1, 0.15) is 12.0 Å². The van der Waals surface area contributed by atoms with E-state index in [2.05, 4.69) is 17.1 Å². The molecule has 0 aliphatic carbocycles. The van der Waals surface area contributed by atoms with Crippen LogP contribution in [0.2, 0.25) is 0 Å². The molecule has 0 saturated heterocycles. The summed E-state index contributed by atoms with van der Waals surface area (Å²) in [5.74, 6) is 0.533. The van der Waals surface area contributed by atoms with Gasteiger partial charge in [-0.1, -0.05) is 48.2 Å². The van der Waals surface area contributed by atoms with E-state index in [4.69, 9.17) is 4.52 Å². The first kappa shape index (κ1) is 23.2. The van der Waals surface area contributed by atoms with Gasteiger partial charge >= 0.3 is 0 Å². The van der Waals surface area contributed by atoms with Crippen molar-refractivity contribution in [2.24, 2.45) is 0 Å². The number of aldehydes is 1. The molecule has 30 heavy (non-hydrogen) atoms. The monoisotopic (exact) mass is 425 g/mol. The van der Waals surface area contributed by atoms with Crippen LogP contribution in [0.4, 0.5) is 5.69 Å². The molecule has 0 bridgehead atoms. The fourth-order valence-electron chi connectivity index (χ4n) is 2.73. The molecule has 158 valence electrons. The van der Waals surface area contributed by atoms with Crippen molar-refractivity contribution in [2.45, 2.75) is 24.3 Å². The van der Waals surface area contributed by atoms with Crippen molar-refractivity contribution in [3.8, 4) is 0 Å². The first-order valence-electron chi connectivity index (χ1n) is 9.53. The number of benzene rings is 1. The first-order valence-corrected chi connectivity index (χ1v) is 10.5. The molecule has 2 rings (SSSR count). The highest BCUT2D eigenvalue weighted by atomic mass is 32.2. The first-order chi connectivity index (χ1) is 14.5. The quantitative estimate of drug-likeness (QED) is 0.332. The second-order valence-electron chi connectivity index (χ2n) is 6.72. The second-order valence-corrected chi connectivity index (χ2v) is 7.78. The van der Waals surface area contributed by atoms with Gasteiger partial charge in [0.25, 0.3) is 5.91 Å². The van der Waals surface area contributed by atoms with Crippen LogP contribution in [0.15, 0.2) is 76.2 Å². The molecular weight excluding hydrogens is 398 g/mol. The zero-order valence-corrected chi connectivity index (χ0v) is 18.3. The Morgan fingerprint density at radius 3 is 2.80 bits per heavy atom. The largest absolute Gasteiger partial charge is 0.377 e. The molecule has 0 fully saturated rings. The lowest BCUT2D eigenvalue weighted by Crippen LogP contribution is -2.38. The van der Waals surface area contributed by atoms with Gasteiger partial charge in [-0.25, -0.2) is 0 Å². The third-order valence-electron chi connectivity index (χ3n) is 4.13. The Labute approximate surface area is 181 Å². The minimum absolute atomic E-state index is 0.147. The molecule has 7 heteroatoms. The Balaban J connectivity index is 1.99. The summed E-state index contributed by atoms with van der Waals surface area (Å²) < 4.78 is 5.28. The molecule has 0 saturated carbocycles. The van der Waals surface area contributed by atoms with Crippen LogP contribution >= 0.6 is 11.8 Å². The van der Waals surface area contributed by atoms with Crippen LogP contribution < -0.4 is 10.2 Å². The van der Waals surface area contributed by atoms with Gasteiger partial charge in [-0.3, -0.25) is 4.79 Å². The van der Waals surface area contributed by atoms with Crippen molar-refractivity contribution in [2.75, 3.05) is 24.7 Å². The molecule has 0 spiro atoms. The van der Waals surface area contributed by atoms with E-state index in [9.17, 15) is 9.59 Å². The molecule has 0 radical (unpaired) electrons. The highest BCUT2D eigenvalue weighted by molar-refractivity contribution is 7.99. The van der Waals surface area contributed by atoms with Gasteiger partial charge in [-0.2, -0.15) is 0 Å². The van der Waals surface area contributed by atoms with Gasteiger partial charge in [-0.05, 0) is 24.6 Å². The number of allylic oxidation sites excluding steroid dienone is 5. The predicted molar refractivity (Wildman–Crippen MR) is 122 cm³/mol. The zero-order valence-electron chi connectivity index (χ0n) is 17.5. The number of carbonyl (C=O) groups excluding carboxylic acids is 2. The lowest BCUT2D eigenvalue weighted by Gasteiger charge is -2.18. The van der Waals surface area contributed by atoms with E-state index in [0.717, 1.165) is 22.4 Å². The number of anilines is 1. The number of rotatable bonds is 11. The van der Waals surface area contributed by atoms with Crippen LogP contribution in [-0.4, -0.2) is 43.2 Å². The van der Waals surface area contributed by atoms with E-state index >= 15 is 0 Å². The summed E-state index contributed by atoms with van der Waals surface area (Å²) >= 11 is 1.51. The molecule has 0 aliphatic heterocycles. The molecule has 1 aromatic heterocycles. The number of hydrogen-bond donors (Lipinski definition) is 1. The van der Waals surface area contributed by atoms with Crippen molar-refractivity contribution in [1.82, 2.24) is 10.5 Å².